The Bertz CT molecular complexity index is 1600. The first kappa shape index (κ1) is 48.5. The molecular weight excluding hydrogens is 828 g/mol. The molecule has 4 aliphatic carbocycles. The first-order valence-electron chi connectivity index (χ1n) is 23.4. The summed E-state index contributed by atoms with van der Waals surface area (Å²) in [5.74, 6) is 0.0506. The van der Waals surface area contributed by atoms with E-state index >= 15 is 0 Å². The fourth-order valence-corrected chi connectivity index (χ4v) is 13.5. The lowest BCUT2D eigenvalue weighted by Gasteiger charge is -2.58. The van der Waals surface area contributed by atoms with Gasteiger partial charge in [0.15, 0.2) is 24.7 Å². The topological polar surface area (TPSA) is 287 Å². The Morgan fingerprint density at radius 1 is 0.746 bits per heavy atom. The van der Waals surface area contributed by atoms with Crippen LogP contribution in [0.1, 0.15) is 92.4 Å². The van der Waals surface area contributed by atoms with Gasteiger partial charge in [-0.05, 0) is 98.7 Å². The van der Waals surface area contributed by atoms with Crippen LogP contribution in [0.25, 0.3) is 0 Å². The number of aliphatic hydroxyl groups excluding tert-OH is 10. The first-order valence-corrected chi connectivity index (χ1v) is 23.4. The van der Waals surface area contributed by atoms with E-state index in [4.69, 9.17) is 33.2 Å². The summed E-state index contributed by atoms with van der Waals surface area (Å²) in [6.45, 7) is 9.43. The molecule has 26 atom stereocenters. The third-order valence-electron chi connectivity index (χ3n) is 17.4. The lowest BCUT2D eigenvalue weighted by molar-refractivity contribution is -0.369. The molecule has 8 aliphatic rings. The molecule has 0 amide bonds. The molecule has 4 saturated heterocycles. The largest absolute Gasteiger partial charge is 0.394 e. The van der Waals surface area contributed by atoms with Crippen LogP contribution < -0.4 is 0 Å². The van der Waals surface area contributed by atoms with Crippen LogP contribution in [0, 0.1) is 46.3 Å². The Labute approximate surface area is 369 Å². The lowest BCUT2D eigenvalue weighted by Crippen LogP contribution is -2.64. The summed E-state index contributed by atoms with van der Waals surface area (Å²) >= 11 is 0. The molecule has 4 aliphatic heterocycles. The number of rotatable bonds is 12. The number of allylic oxidation sites excluding steroid dienone is 1. The zero-order valence-electron chi connectivity index (χ0n) is 37.1. The zero-order chi connectivity index (χ0) is 45.5. The molecule has 3 saturated carbocycles. The summed E-state index contributed by atoms with van der Waals surface area (Å²) in [6, 6.07) is 0. The SMILES string of the molecule is CC(CCC1(O)O[C@H]2C[C@H]3[C@@H]4CC=C5CC(O[C@@H]6O[C@H](CO)[C@@H](O)[C@H](O)[C@H]6O[C@@H]6O[C@@H](C)[C@H](O)[C@@H](O)[C@H]6O)CC[C@]5(C)[C@H]4CC[C@]3(C)[C@H]2[C@@H]1C)CO[C@@H]1O[C@H](CO)[C@@H](O)[C@H](O)[C@H]1O. The van der Waals surface area contributed by atoms with Gasteiger partial charge in [-0.1, -0.05) is 39.3 Å². The van der Waals surface area contributed by atoms with Gasteiger partial charge in [-0.3, -0.25) is 0 Å². The Morgan fingerprint density at radius 3 is 2.10 bits per heavy atom. The molecular formula is C45H74O18. The Hall–Kier alpha value is -0.980. The van der Waals surface area contributed by atoms with Gasteiger partial charge in [-0.15, -0.1) is 0 Å². The van der Waals surface area contributed by atoms with Gasteiger partial charge in [0.25, 0.3) is 0 Å². The summed E-state index contributed by atoms with van der Waals surface area (Å²) in [5.41, 5.74) is 1.23. The van der Waals surface area contributed by atoms with E-state index in [2.05, 4.69) is 26.8 Å². The predicted molar refractivity (Wildman–Crippen MR) is 218 cm³/mol. The van der Waals surface area contributed by atoms with Gasteiger partial charge in [-0.25, -0.2) is 0 Å². The zero-order valence-corrected chi connectivity index (χ0v) is 37.1. The van der Waals surface area contributed by atoms with E-state index in [1.807, 2.05) is 6.92 Å². The molecule has 11 N–H and O–H groups in total. The monoisotopic (exact) mass is 902 g/mol. The van der Waals surface area contributed by atoms with E-state index < -0.39 is 111 Å². The van der Waals surface area contributed by atoms with E-state index in [9.17, 15) is 56.2 Å². The average molecular weight is 903 g/mol. The van der Waals surface area contributed by atoms with E-state index in [1.54, 1.807) is 0 Å². The van der Waals surface area contributed by atoms with Crippen LogP contribution in [0.15, 0.2) is 11.6 Å². The molecule has 18 nitrogen and oxygen atoms in total. The summed E-state index contributed by atoms with van der Waals surface area (Å²) in [4.78, 5) is 0. The van der Waals surface area contributed by atoms with Gasteiger partial charge in [0.05, 0.1) is 38.1 Å². The molecule has 0 aromatic rings. The fourth-order valence-electron chi connectivity index (χ4n) is 13.5. The molecule has 8 rings (SSSR count). The van der Waals surface area contributed by atoms with Crippen LogP contribution in [0.4, 0.5) is 0 Å². The molecule has 0 radical (unpaired) electrons. The van der Waals surface area contributed by atoms with Crippen molar-refractivity contribution in [1.29, 1.82) is 0 Å². The highest BCUT2D eigenvalue weighted by Gasteiger charge is 2.68. The molecule has 7 fully saturated rings. The van der Waals surface area contributed by atoms with Crippen molar-refractivity contribution in [2.24, 2.45) is 46.3 Å². The Balaban J connectivity index is 0.885. The van der Waals surface area contributed by atoms with Crippen LogP contribution in [-0.2, 0) is 33.2 Å². The van der Waals surface area contributed by atoms with Crippen molar-refractivity contribution in [2.45, 2.75) is 203 Å². The van der Waals surface area contributed by atoms with Crippen molar-refractivity contribution in [2.75, 3.05) is 19.8 Å². The third-order valence-corrected chi connectivity index (χ3v) is 17.4. The third kappa shape index (κ3) is 8.51. The maximum Gasteiger partial charge on any atom is 0.187 e. The van der Waals surface area contributed by atoms with Crippen LogP contribution in [-0.4, -0.2) is 186 Å². The van der Waals surface area contributed by atoms with Gasteiger partial charge >= 0.3 is 0 Å². The molecule has 0 bridgehead atoms. The normalized spacial score (nSPS) is 55.0. The van der Waals surface area contributed by atoms with Crippen molar-refractivity contribution in [3.63, 3.8) is 0 Å². The maximum absolute atomic E-state index is 12.0. The van der Waals surface area contributed by atoms with Gasteiger partial charge in [0.1, 0.15) is 67.1 Å². The van der Waals surface area contributed by atoms with Gasteiger partial charge in [-0.2, -0.15) is 0 Å². The van der Waals surface area contributed by atoms with E-state index in [1.165, 1.54) is 12.5 Å². The van der Waals surface area contributed by atoms with Crippen LogP contribution in [0.3, 0.4) is 0 Å². The average Bonchev–Trinajstić information content (AvgIpc) is 3.70. The quantitative estimate of drug-likeness (QED) is 0.107. The van der Waals surface area contributed by atoms with Gasteiger partial charge in [0.2, 0.25) is 0 Å². The van der Waals surface area contributed by atoms with Crippen molar-refractivity contribution in [3.05, 3.63) is 11.6 Å². The van der Waals surface area contributed by atoms with E-state index in [0.717, 1.165) is 32.1 Å². The van der Waals surface area contributed by atoms with Crippen LogP contribution in [0.5, 0.6) is 0 Å². The van der Waals surface area contributed by atoms with Gasteiger partial charge < -0.3 is 89.3 Å². The molecule has 362 valence electrons. The summed E-state index contributed by atoms with van der Waals surface area (Å²) < 4.78 is 42.1. The minimum Gasteiger partial charge on any atom is -0.394 e. The number of hydrogen-bond acceptors (Lipinski definition) is 18. The first-order chi connectivity index (χ1) is 29.8. The molecule has 4 heterocycles. The number of hydrogen-bond donors (Lipinski definition) is 11. The Kier molecular flexibility index (Phi) is 14.2. The van der Waals surface area contributed by atoms with Crippen molar-refractivity contribution >= 4 is 0 Å². The Morgan fingerprint density at radius 2 is 1.40 bits per heavy atom. The summed E-state index contributed by atoms with van der Waals surface area (Å²) in [6.07, 6.45) is -11.5. The smallest absolute Gasteiger partial charge is 0.187 e. The van der Waals surface area contributed by atoms with Crippen LogP contribution >= 0.6 is 0 Å². The molecule has 0 aromatic carbocycles. The fraction of sp³-hybridized carbons (Fsp3) is 0.956. The molecule has 3 unspecified atom stereocenters. The second kappa shape index (κ2) is 18.5. The highest BCUT2D eigenvalue weighted by Crippen LogP contribution is 2.70. The van der Waals surface area contributed by atoms with Crippen molar-refractivity contribution in [3.8, 4) is 0 Å². The summed E-state index contributed by atoms with van der Waals surface area (Å²) in [7, 11) is 0. The highest BCUT2D eigenvalue weighted by atomic mass is 16.8. The van der Waals surface area contributed by atoms with E-state index in [0.29, 0.717) is 43.4 Å². The molecule has 18 heteroatoms. The van der Waals surface area contributed by atoms with Crippen molar-refractivity contribution in [1.82, 2.24) is 0 Å². The minimum atomic E-state index is -1.65. The minimum absolute atomic E-state index is 0.0148. The number of ether oxygens (including phenoxy) is 7. The van der Waals surface area contributed by atoms with Crippen LogP contribution in [0.2, 0.25) is 0 Å². The maximum atomic E-state index is 12.0. The molecule has 0 aromatic heterocycles. The van der Waals surface area contributed by atoms with Gasteiger partial charge in [0, 0.05) is 12.3 Å². The molecule has 63 heavy (non-hydrogen) atoms. The second-order valence-corrected chi connectivity index (χ2v) is 21.0. The number of aliphatic hydroxyl groups is 11. The molecule has 0 spiro atoms. The second-order valence-electron chi connectivity index (χ2n) is 21.0. The predicted octanol–water partition coefficient (Wildman–Crippen LogP) is -0.831. The lowest BCUT2D eigenvalue weighted by atomic mass is 9.47. The number of fused-ring (bicyclic) bond motifs is 7. The standard InChI is InChI=1S/C45H74O18/c1-19(18-57-40-37(54)35(52)32(49)28(16-46)60-40)8-13-45(56)20(2)30-27(63-45)15-26-24-7-6-22-14-23(9-11-43(22,4)25(24)10-12-44(26,30)5)59-42-39(36(53)33(50)29(17-47)61-42)62-41-38(55)34(51)31(48)21(3)58-41/h6,19-21,23-42,46-56H,7-18H2,1-5H3/t19?,20-,21-,23?,24+,25-,26-,27-,28+,29+,30-,31-,32+,33+,34+,35-,36-,37+,38+,39+,40+,41-,42+,43-,44-,45?/m0/s1. The van der Waals surface area contributed by atoms with E-state index in [-0.39, 0.29) is 47.4 Å². The highest BCUT2D eigenvalue weighted by molar-refractivity contribution is 5.26. The summed E-state index contributed by atoms with van der Waals surface area (Å²) in [5, 5.41) is 115. The van der Waals surface area contributed by atoms with Crippen molar-refractivity contribution < 1.29 is 89.3 Å².